The summed E-state index contributed by atoms with van der Waals surface area (Å²) in [6.45, 7) is 4.75. The highest BCUT2D eigenvalue weighted by Gasteiger charge is 2.31. The van der Waals surface area contributed by atoms with E-state index in [0.717, 1.165) is 25.2 Å². The zero-order chi connectivity index (χ0) is 24.1. The lowest BCUT2D eigenvalue weighted by molar-refractivity contribution is -0.137. The number of nitrogens with one attached hydrogen (secondary N) is 1. The molecule has 0 atom stereocenters. The molecule has 2 amide bonds. The Labute approximate surface area is 196 Å². The first-order valence-electron chi connectivity index (χ1n) is 11.2. The lowest BCUT2D eigenvalue weighted by Crippen LogP contribution is -2.53. The molecule has 0 radical (unpaired) electrons. The molecule has 10 heteroatoms. The molecular formula is C24H27F3N4O3. The number of piperazine rings is 1. The number of benzene rings is 2. The molecule has 7 nitrogen and oxygen atoms in total. The average molecular weight is 476 g/mol. The number of carbonyl (C=O) groups excluding carboxylic acids is 2. The Balaban J connectivity index is 1.38. The number of morpholine rings is 1. The SMILES string of the molecule is O=C(CN1CCOCC1)N1CCN(C(=O)c2ccccc2Nc2cccc(C(F)(F)F)c2)CC1. The highest BCUT2D eigenvalue weighted by Crippen LogP contribution is 2.32. The van der Waals surface area contributed by atoms with E-state index >= 15 is 0 Å². The highest BCUT2D eigenvalue weighted by atomic mass is 19.4. The third-order valence-electron chi connectivity index (χ3n) is 6.01. The summed E-state index contributed by atoms with van der Waals surface area (Å²) < 4.78 is 44.5. The lowest BCUT2D eigenvalue weighted by Gasteiger charge is -2.36. The molecule has 0 aromatic heterocycles. The van der Waals surface area contributed by atoms with Crippen LogP contribution in [0.25, 0.3) is 0 Å². The molecule has 34 heavy (non-hydrogen) atoms. The molecule has 0 unspecified atom stereocenters. The van der Waals surface area contributed by atoms with Crippen molar-refractivity contribution < 1.29 is 27.5 Å². The molecule has 2 aliphatic heterocycles. The molecule has 2 aliphatic rings. The number of hydrogen-bond acceptors (Lipinski definition) is 5. The second-order valence-electron chi connectivity index (χ2n) is 8.31. The van der Waals surface area contributed by atoms with E-state index < -0.39 is 11.7 Å². The van der Waals surface area contributed by atoms with E-state index in [9.17, 15) is 22.8 Å². The normalized spacial score (nSPS) is 17.5. The van der Waals surface area contributed by atoms with Crippen molar-refractivity contribution in [2.45, 2.75) is 6.18 Å². The van der Waals surface area contributed by atoms with Gasteiger partial charge in [0.1, 0.15) is 0 Å². The van der Waals surface area contributed by atoms with Crippen LogP contribution in [0, 0.1) is 0 Å². The number of hydrogen-bond donors (Lipinski definition) is 1. The molecule has 2 aromatic carbocycles. The van der Waals surface area contributed by atoms with Crippen molar-refractivity contribution in [3.63, 3.8) is 0 Å². The number of nitrogens with zero attached hydrogens (tertiary/aromatic N) is 3. The summed E-state index contributed by atoms with van der Waals surface area (Å²) in [5, 5.41) is 2.95. The molecule has 182 valence electrons. The number of halogens is 3. The van der Waals surface area contributed by atoms with Crippen LogP contribution in [0.2, 0.25) is 0 Å². The Morgan fingerprint density at radius 2 is 1.56 bits per heavy atom. The van der Waals surface area contributed by atoms with Gasteiger partial charge in [-0.3, -0.25) is 14.5 Å². The van der Waals surface area contributed by atoms with Crippen molar-refractivity contribution >= 4 is 23.2 Å². The maximum absolute atomic E-state index is 13.2. The van der Waals surface area contributed by atoms with Crippen LogP contribution in [0.4, 0.5) is 24.5 Å². The summed E-state index contributed by atoms with van der Waals surface area (Å²) in [6, 6.07) is 11.6. The van der Waals surface area contributed by atoms with Gasteiger partial charge in [0.15, 0.2) is 0 Å². The van der Waals surface area contributed by atoms with Crippen molar-refractivity contribution in [2.24, 2.45) is 0 Å². The maximum atomic E-state index is 13.2. The van der Waals surface area contributed by atoms with Crippen LogP contribution < -0.4 is 5.32 Å². The number of amides is 2. The van der Waals surface area contributed by atoms with Crippen LogP contribution in [0.5, 0.6) is 0 Å². The summed E-state index contributed by atoms with van der Waals surface area (Å²) in [6.07, 6.45) is -4.45. The van der Waals surface area contributed by atoms with Crippen molar-refractivity contribution in [2.75, 3.05) is 64.3 Å². The van der Waals surface area contributed by atoms with E-state index in [1.807, 2.05) is 0 Å². The molecule has 2 fully saturated rings. The minimum absolute atomic E-state index is 0.0422. The van der Waals surface area contributed by atoms with Gasteiger partial charge in [0, 0.05) is 45.0 Å². The van der Waals surface area contributed by atoms with Gasteiger partial charge in [0.25, 0.3) is 5.91 Å². The van der Waals surface area contributed by atoms with Crippen molar-refractivity contribution in [3.8, 4) is 0 Å². The van der Waals surface area contributed by atoms with Crippen molar-refractivity contribution in [3.05, 3.63) is 59.7 Å². The van der Waals surface area contributed by atoms with Crippen molar-refractivity contribution in [1.29, 1.82) is 0 Å². The molecule has 0 spiro atoms. The number of ether oxygens (including phenoxy) is 1. The third-order valence-corrected chi connectivity index (χ3v) is 6.01. The fourth-order valence-corrected chi connectivity index (χ4v) is 4.09. The molecule has 2 heterocycles. The van der Waals surface area contributed by atoms with E-state index in [-0.39, 0.29) is 17.5 Å². The van der Waals surface area contributed by atoms with Crippen LogP contribution in [0.15, 0.2) is 48.5 Å². The van der Waals surface area contributed by atoms with Gasteiger partial charge < -0.3 is 19.9 Å². The van der Waals surface area contributed by atoms with E-state index in [0.29, 0.717) is 57.2 Å². The minimum atomic E-state index is -4.45. The molecule has 2 aromatic rings. The van der Waals surface area contributed by atoms with Gasteiger partial charge in [-0.25, -0.2) is 0 Å². The molecule has 1 N–H and O–H groups in total. The average Bonchev–Trinajstić information content (AvgIpc) is 2.84. The predicted octanol–water partition coefficient (Wildman–Crippen LogP) is 3.07. The first-order chi connectivity index (χ1) is 16.3. The van der Waals surface area contributed by atoms with Gasteiger partial charge in [0.2, 0.25) is 5.91 Å². The Hall–Kier alpha value is -3.11. The van der Waals surface area contributed by atoms with Crippen molar-refractivity contribution in [1.82, 2.24) is 14.7 Å². The molecule has 0 bridgehead atoms. The zero-order valence-electron chi connectivity index (χ0n) is 18.7. The van der Waals surface area contributed by atoms with Crippen LogP contribution >= 0.6 is 0 Å². The largest absolute Gasteiger partial charge is 0.416 e. The quantitative estimate of drug-likeness (QED) is 0.719. The van der Waals surface area contributed by atoms with E-state index in [1.165, 1.54) is 12.1 Å². The Kier molecular flexibility index (Phi) is 7.38. The van der Waals surface area contributed by atoms with Gasteiger partial charge >= 0.3 is 6.18 Å². The first kappa shape index (κ1) is 24.0. The highest BCUT2D eigenvalue weighted by molar-refractivity contribution is 6.00. The van der Waals surface area contributed by atoms with Gasteiger partial charge in [0.05, 0.1) is 36.6 Å². The van der Waals surface area contributed by atoms with Gasteiger partial charge in [-0.05, 0) is 30.3 Å². The smallest absolute Gasteiger partial charge is 0.379 e. The number of alkyl halides is 3. The first-order valence-corrected chi connectivity index (χ1v) is 11.2. The number of anilines is 2. The monoisotopic (exact) mass is 476 g/mol. The van der Waals surface area contributed by atoms with Crippen LogP contribution in [-0.4, -0.2) is 85.5 Å². The summed E-state index contributed by atoms with van der Waals surface area (Å²) in [4.78, 5) is 31.3. The summed E-state index contributed by atoms with van der Waals surface area (Å²) >= 11 is 0. The summed E-state index contributed by atoms with van der Waals surface area (Å²) in [7, 11) is 0. The maximum Gasteiger partial charge on any atom is 0.416 e. The minimum Gasteiger partial charge on any atom is -0.379 e. The van der Waals surface area contributed by atoms with Crippen LogP contribution in [-0.2, 0) is 15.7 Å². The van der Waals surface area contributed by atoms with Gasteiger partial charge in [-0.15, -0.1) is 0 Å². The molecular weight excluding hydrogens is 449 g/mol. The molecule has 0 aliphatic carbocycles. The Morgan fingerprint density at radius 3 is 2.26 bits per heavy atom. The molecule has 4 rings (SSSR count). The second-order valence-corrected chi connectivity index (χ2v) is 8.31. The van der Waals surface area contributed by atoms with Gasteiger partial charge in [-0.1, -0.05) is 18.2 Å². The molecule has 2 saturated heterocycles. The number of para-hydroxylation sites is 1. The van der Waals surface area contributed by atoms with Gasteiger partial charge in [-0.2, -0.15) is 13.2 Å². The van der Waals surface area contributed by atoms with E-state index in [1.54, 1.807) is 34.1 Å². The van der Waals surface area contributed by atoms with E-state index in [2.05, 4.69) is 10.2 Å². The fourth-order valence-electron chi connectivity index (χ4n) is 4.09. The molecule has 0 saturated carbocycles. The van der Waals surface area contributed by atoms with Crippen LogP contribution in [0.3, 0.4) is 0 Å². The van der Waals surface area contributed by atoms with Crippen LogP contribution in [0.1, 0.15) is 15.9 Å². The lowest BCUT2D eigenvalue weighted by atomic mass is 10.1. The summed E-state index contributed by atoms with van der Waals surface area (Å²) in [5.41, 5.74) is 0.276. The van der Waals surface area contributed by atoms with E-state index in [4.69, 9.17) is 4.74 Å². The third kappa shape index (κ3) is 5.87. The second kappa shape index (κ2) is 10.4. The Morgan fingerprint density at radius 1 is 0.882 bits per heavy atom. The predicted molar refractivity (Wildman–Crippen MR) is 121 cm³/mol. The summed E-state index contributed by atoms with van der Waals surface area (Å²) in [5.74, 6) is -0.184. The number of rotatable bonds is 5. The number of carbonyl (C=O) groups is 2. The fraction of sp³-hybridized carbons (Fsp3) is 0.417. The standard InChI is InChI=1S/C24H27F3N4O3/c25-24(26,27)18-4-3-5-19(16-18)28-21-7-2-1-6-20(21)23(33)31-10-8-30(9-11-31)22(32)17-29-12-14-34-15-13-29/h1-7,16,28H,8-15,17H2. The topological polar surface area (TPSA) is 65.1 Å². The zero-order valence-corrected chi connectivity index (χ0v) is 18.7. The Bertz CT molecular complexity index is 1020.